The van der Waals surface area contributed by atoms with E-state index in [-0.39, 0.29) is 5.97 Å². The zero-order valence-electron chi connectivity index (χ0n) is 8.16. The fourth-order valence-electron chi connectivity index (χ4n) is 1.48. The summed E-state index contributed by atoms with van der Waals surface area (Å²) >= 11 is 3.45. The summed E-state index contributed by atoms with van der Waals surface area (Å²) < 4.78 is 5.65. The molecular weight excluding hydrogens is 256 g/mol. The van der Waals surface area contributed by atoms with Crippen LogP contribution in [0, 0.1) is 0 Å². The lowest BCUT2D eigenvalue weighted by molar-refractivity contribution is 0.0601. The van der Waals surface area contributed by atoms with Crippen molar-refractivity contribution in [2.24, 2.45) is 0 Å². The highest BCUT2D eigenvalue weighted by molar-refractivity contribution is 9.10. The quantitative estimate of drug-likeness (QED) is 0.739. The number of fused-ring (bicyclic) bond motifs is 1. The third-order valence-corrected chi connectivity index (χ3v) is 2.94. The van der Waals surface area contributed by atoms with Gasteiger partial charge >= 0.3 is 5.97 Å². The molecule has 0 amide bonds. The predicted octanol–water partition coefficient (Wildman–Crippen LogP) is 3.39. The third kappa shape index (κ3) is 1.88. The van der Waals surface area contributed by atoms with Crippen LogP contribution < -0.4 is 0 Å². The van der Waals surface area contributed by atoms with Crippen molar-refractivity contribution in [1.29, 1.82) is 0 Å². The second-order valence-corrected chi connectivity index (χ2v) is 4.02. The van der Waals surface area contributed by atoms with Gasteiger partial charge in [-0.1, -0.05) is 34.1 Å². The molecule has 0 bridgehead atoms. The van der Waals surface area contributed by atoms with Crippen LogP contribution in [0.25, 0.3) is 10.8 Å². The zero-order valence-corrected chi connectivity index (χ0v) is 9.74. The summed E-state index contributed by atoms with van der Waals surface area (Å²) in [5.41, 5.74) is 0.567. The molecule has 0 radical (unpaired) electrons. The monoisotopic (exact) mass is 264 g/mol. The number of hydrogen-bond donors (Lipinski definition) is 0. The van der Waals surface area contributed by atoms with Crippen molar-refractivity contribution in [3.63, 3.8) is 0 Å². The second kappa shape index (κ2) is 4.03. The van der Waals surface area contributed by atoms with Crippen LogP contribution in [0.4, 0.5) is 0 Å². The van der Waals surface area contributed by atoms with Gasteiger partial charge in [0.2, 0.25) is 0 Å². The number of rotatable bonds is 1. The van der Waals surface area contributed by atoms with E-state index >= 15 is 0 Å². The van der Waals surface area contributed by atoms with Gasteiger partial charge in [0.25, 0.3) is 0 Å². The Hall–Kier alpha value is -1.35. The molecule has 2 aromatic rings. The molecule has 0 fully saturated rings. The van der Waals surface area contributed by atoms with Crippen LogP contribution in [0.5, 0.6) is 0 Å². The minimum atomic E-state index is -0.312. The summed E-state index contributed by atoms with van der Waals surface area (Å²) in [6.07, 6.45) is 0. The Morgan fingerprint density at radius 1 is 1.27 bits per heavy atom. The van der Waals surface area contributed by atoms with E-state index in [1.807, 2.05) is 30.3 Å². The Morgan fingerprint density at radius 2 is 2.07 bits per heavy atom. The predicted molar refractivity (Wildman–Crippen MR) is 63.0 cm³/mol. The summed E-state index contributed by atoms with van der Waals surface area (Å²) in [7, 11) is 1.38. The normalized spacial score (nSPS) is 10.3. The maximum atomic E-state index is 11.3. The number of esters is 1. The highest BCUT2D eigenvalue weighted by Gasteiger charge is 2.06. The van der Waals surface area contributed by atoms with Gasteiger partial charge in [0, 0.05) is 4.47 Å². The number of benzene rings is 2. The molecule has 2 rings (SSSR count). The molecule has 0 aliphatic heterocycles. The SMILES string of the molecule is COC(=O)c1ccc2cccc(Br)c2c1. The highest BCUT2D eigenvalue weighted by Crippen LogP contribution is 2.24. The van der Waals surface area contributed by atoms with Gasteiger partial charge in [-0.3, -0.25) is 0 Å². The van der Waals surface area contributed by atoms with Crippen molar-refractivity contribution in [2.75, 3.05) is 7.11 Å². The summed E-state index contributed by atoms with van der Waals surface area (Å²) in [5, 5.41) is 2.11. The first-order valence-corrected chi connectivity index (χ1v) is 5.28. The first kappa shape index (κ1) is 10.2. The van der Waals surface area contributed by atoms with E-state index in [0.717, 1.165) is 15.2 Å². The van der Waals surface area contributed by atoms with E-state index in [0.29, 0.717) is 5.56 Å². The molecule has 2 nitrogen and oxygen atoms in total. The van der Waals surface area contributed by atoms with E-state index in [1.54, 1.807) is 6.07 Å². The van der Waals surface area contributed by atoms with Crippen molar-refractivity contribution < 1.29 is 9.53 Å². The molecule has 76 valence electrons. The molecule has 0 heterocycles. The first-order valence-electron chi connectivity index (χ1n) is 4.49. The Kier molecular flexibility index (Phi) is 2.73. The average Bonchev–Trinajstić information content (AvgIpc) is 2.28. The molecule has 0 atom stereocenters. The molecule has 0 aliphatic rings. The molecule has 15 heavy (non-hydrogen) atoms. The topological polar surface area (TPSA) is 26.3 Å². The van der Waals surface area contributed by atoms with Crippen molar-refractivity contribution in [1.82, 2.24) is 0 Å². The number of hydrogen-bond acceptors (Lipinski definition) is 2. The molecule has 0 unspecified atom stereocenters. The standard InChI is InChI=1S/C12H9BrO2/c1-15-12(14)9-6-5-8-3-2-4-11(13)10(8)7-9/h2-7H,1H3. The van der Waals surface area contributed by atoms with Gasteiger partial charge in [-0.05, 0) is 29.0 Å². The maximum Gasteiger partial charge on any atom is 0.337 e. The van der Waals surface area contributed by atoms with Gasteiger partial charge in [0.15, 0.2) is 0 Å². The van der Waals surface area contributed by atoms with Crippen molar-refractivity contribution in [2.45, 2.75) is 0 Å². The van der Waals surface area contributed by atoms with Crippen LogP contribution in [-0.4, -0.2) is 13.1 Å². The second-order valence-electron chi connectivity index (χ2n) is 3.17. The Balaban J connectivity index is 2.64. The Labute approximate surface area is 96.0 Å². The molecule has 0 spiro atoms. The highest BCUT2D eigenvalue weighted by atomic mass is 79.9. The Bertz CT molecular complexity index is 520. The fourth-order valence-corrected chi connectivity index (χ4v) is 1.98. The van der Waals surface area contributed by atoms with Crippen molar-refractivity contribution >= 4 is 32.7 Å². The van der Waals surface area contributed by atoms with Gasteiger partial charge in [0.1, 0.15) is 0 Å². The number of carbonyl (C=O) groups is 1. The van der Waals surface area contributed by atoms with Crippen molar-refractivity contribution in [3.8, 4) is 0 Å². The molecular formula is C12H9BrO2. The molecule has 0 aromatic heterocycles. The van der Waals surface area contributed by atoms with Crippen LogP contribution in [0.3, 0.4) is 0 Å². The summed E-state index contributed by atoms with van der Waals surface area (Å²) in [4.78, 5) is 11.3. The van der Waals surface area contributed by atoms with E-state index in [9.17, 15) is 4.79 Å². The minimum absolute atomic E-state index is 0.312. The molecule has 0 N–H and O–H groups in total. The largest absolute Gasteiger partial charge is 0.465 e. The number of carbonyl (C=O) groups excluding carboxylic acids is 1. The van der Waals surface area contributed by atoms with Crippen molar-refractivity contribution in [3.05, 3.63) is 46.4 Å². The van der Waals surface area contributed by atoms with Gasteiger partial charge in [-0.15, -0.1) is 0 Å². The summed E-state index contributed by atoms with van der Waals surface area (Å²) in [6.45, 7) is 0. The van der Waals surface area contributed by atoms with Gasteiger partial charge in [-0.25, -0.2) is 4.79 Å². The average molecular weight is 265 g/mol. The minimum Gasteiger partial charge on any atom is -0.465 e. The molecule has 0 saturated carbocycles. The maximum absolute atomic E-state index is 11.3. The lowest BCUT2D eigenvalue weighted by atomic mass is 10.1. The first-order chi connectivity index (χ1) is 7.22. The van der Waals surface area contributed by atoms with Gasteiger partial charge < -0.3 is 4.74 Å². The number of halogens is 1. The molecule has 3 heteroatoms. The van der Waals surface area contributed by atoms with E-state index < -0.39 is 0 Å². The smallest absolute Gasteiger partial charge is 0.337 e. The van der Waals surface area contributed by atoms with Crippen LogP contribution in [0.2, 0.25) is 0 Å². The molecule has 0 saturated heterocycles. The van der Waals surface area contributed by atoms with E-state index in [2.05, 4.69) is 20.7 Å². The molecule has 0 aliphatic carbocycles. The van der Waals surface area contributed by atoms with Crippen LogP contribution in [0.1, 0.15) is 10.4 Å². The zero-order chi connectivity index (χ0) is 10.8. The number of ether oxygens (including phenoxy) is 1. The summed E-state index contributed by atoms with van der Waals surface area (Å²) in [6, 6.07) is 11.4. The van der Waals surface area contributed by atoms with Gasteiger partial charge in [-0.2, -0.15) is 0 Å². The van der Waals surface area contributed by atoms with E-state index in [1.165, 1.54) is 7.11 Å². The summed E-state index contributed by atoms with van der Waals surface area (Å²) in [5.74, 6) is -0.312. The van der Waals surface area contributed by atoms with Gasteiger partial charge in [0.05, 0.1) is 12.7 Å². The Morgan fingerprint density at radius 3 is 2.80 bits per heavy atom. The lowest BCUT2D eigenvalue weighted by Gasteiger charge is -2.03. The van der Waals surface area contributed by atoms with Crippen LogP contribution >= 0.6 is 15.9 Å². The molecule has 2 aromatic carbocycles. The van der Waals surface area contributed by atoms with Crippen LogP contribution in [-0.2, 0) is 4.74 Å². The lowest BCUT2D eigenvalue weighted by Crippen LogP contribution is -2.00. The number of methoxy groups -OCH3 is 1. The van der Waals surface area contributed by atoms with Crippen LogP contribution in [0.15, 0.2) is 40.9 Å². The third-order valence-electron chi connectivity index (χ3n) is 2.25. The fraction of sp³-hybridized carbons (Fsp3) is 0.0833. The van der Waals surface area contributed by atoms with E-state index in [4.69, 9.17) is 0 Å².